The molecule has 0 saturated carbocycles. The summed E-state index contributed by atoms with van der Waals surface area (Å²) >= 11 is 3.53. The molecule has 3 rings (SSSR count). The van der Waals surface area contributed by atoms with Gasteiger partial charge >= 0.3 is 0 Å². The molecule has 3 aromatic rings. The zero-order valence-electron chi connectivity index (χ0n) is 19.2. The molecule has 0 unspecified atom stereocenters. The summed E-state index contributed by atoms with van der Waals surface area (Å²) in [6.07, 6.45) is 2.57. The van der Waals surface area contributed by atoms with Crippen LogP contribution in [0, 0.1) is 17.0 Å². The summed E-state index contributed by atoms with van der Waals surface area (Å²) in [5.41, 5.74) is 6.67. The number of ether oxygens (including phenoxy) is 3. The van der Waals surface area contributed by atoms with Gasteiger partial charge in [0.2, 0.25) is 0 Å². The quantitative estimate of drug-likeness (QED) is 0.139. The summed E-state index contributed by atoms with van der Waals surface area (Å²) in [7, 11) is 1.57. The first-order valence-corrected chi connectivity index (χ1v) is 11.5. The van der Waals surface area contributed by atoms with E-state index < -0.39 is 4.92 Å². The van der Waals surface area contributed by atoms with Crippen molar-refractivity contribution in [3.63, 3.8) is 0 Å². The number of anilines is 1. The molecular weight excluding hydrogens is 502 g/mol. The monoisotopic (exact) mass is 527 g/mol. The van der Waals surface area contributed by atoms with Gasteiger partial charge in [0.05, 0.1) is 28.4 Å². The van der Waals surface area contributed by atoms with Crippen LogP contribution in [-0.2, 0) is 6.42 Å². The maximum absolute atomic E-state index is 10.7. The smallest absolute Gasteiger partial charge is 0.269 e. The Kier molecular flexibility index (Phi) is 8.86. The Morgan fingerprint density at radius 1 is 1.09 bits per heavy atom. The van der Waals surface area contributed by atoms with Crippen LogP contribution in [0.1, 0.15) is 23.6 Å². The van der Waals surface area contributed by atoms with Gasteiger partial charge in [0, 0.05) is 12.1 Å². The predicted octanol–water partition coefficient (Wildman–Crippen LogP) is 6.14. The van der Waals surface area contributed by atoms with E-state index in [1.165, 1.54) is 23.3 Å². The second-order valence-electron chi connectivity index (χ2n) is 7.41. The number of nitro groups is 1. The molecule has 0 bridgehead atoms. The van der Waals surface area contributed by atoms with E-state index in [-0.39, 0.29) is 5.69 Å². The van der Waals surface area contributed by atoms with Gasteiger partial charge in [-0.15, -0.1) is 0 Å². The highest BCUT2D eigenvalue weighted by Gasteiger charge is 2.12. The minimum atomic E-state index is -0.447. The molecule has 0 atom stereocenters. The van der Waals surface area contributed by atoms with Crippen LogP contribution in [-0.4, -0.2) is 31.5 Å². The number of methoxy groups -OCH3 is 1. The maximum atomic E-state index is 10.7. The summed E-state index contributed by atoms with van der Waals surface area (Å²) in [5, 5.41) is 14.9. The van der Waals surface area contributed by atoms with Crippen LogP contribution in [0.3, 0.4) is 0 Å². The Morgan fingerprint density at radius 2 is 1.82 bits per heavy atom. The lowest BCUT2D eigenvalue weighted by Crippen LogP contribution is -2.10. The van der Waals surface area contributed by atoms with Crippen molar-refractivity contribution < 1.29 is 19.1 Å². The fourth-order valence-electron chi connectivity index (χ4n) is 3.21. The van der Waals surface area contributed by atoms with Gasteiger partial charge in [-0.05, 0) is 82.4 Å². The fraction of sp³-hybridized carbons (Fsp3) is 0.240. The number of benzene rings is 3. The summed E-state index contributed by atoms with van der Waals surface area (Å²) in [5.74, 6) is 1.96. The Bertz CT molecular complexity index is 1170. The minimum Gasteiger partial charge on any atom is -0.493 e. The second-order valence-corrected chi connectivity index (χ2v) is 8.27. The number of rotatable bonds is 11. The zero-order valence-corrected chi connectivity index (χ0v) is 20.8. The third-order valence-corrected chi connectivity index (χ3v) is 5.44. The number of hydrogen-bond donors (Lipinski definition) is 1. The van der Waals surface area contributed by atoms with E-state index in [1.54, 1.807) is 31.5 Å². The number of hydrogen-bond acceptors (Lipinski definition) is 7. The number of non-ortho nitro benzene ring substituents is 1. The van der Waals surface area contributed by atoms with E-state index in [9.17, 15) is 10.1 Å². The van der Waals surface area contributed by atoms with Crippen molar-refractivity contribution >= 4 is 33.5 Å². The third kappa shape index (κ3) is 6.95. The topological polar surface area (TPSA) is 95.2 Å². The number of halogens is 1. The van der Waals surface area contributed by atoms with Crippen LogP contribution >= 0.6 is 15.9 Å². The molecule has 0 aromatic heterocycles. The summed E-state index contributed by atoms with van der Waals surface area (Å²) in [6, 6.07) is 15.9. The van der Waals surface area contributed by atoms with E-state index in [2.05, 4.69) is 46.4 Å². The molecule has 178 valence electrons. The number of hydrazone groups is 1. The molecule has 0 heterocycles. The second kappa shape index (κ2) is 12.0. The van der Waals surface area contributed by atoms with Gasteiger partial charge in [-0.2, -0.15) is 5.10 Å². The van der Waals surface area contributed by atoms with Gasteiger partial charge in [-0.1, -0.05) is 13.0 Å². The maximum Gasteiger partial charge on any atom is 0.269 e. The van der Waals surface area contributed by atoms with Crippen molar-refractivity contribution in [1.29, 1.82) is 0 Å². The average Bonchev–Trinajstić information content (AvgIpc) is 2.82. The molecule has 8 nitrogen and oxygen atoms in total. The summed E-state index contributed by atoms with van der Waals surface area (Å²) in [4.78, 5) is 10.3. The molecule has 3 aromatic carbocycles. The van der Waals surface area contributed by atoms with Gasteiger partial charge in [-0.3, -0.25) is 15.5 Å². The lowest BCUT2D eigenvalue weighted by molar-refractivity contribution is -0.384. The Morgan fingerprint density at radius 3 is 2.50 bits per heavy atom. The third-order valence-electron chi connectivity index (χ3n) is 4.85. The first kappa shape index (κ1) is 25.0. The van der Waals surface area contributed by atoms with Crippen molar-refractivity contribution in [2.45, 2.75) is 20.3 Å². The molecule has 0 aliphatic carbocycles. The van der Waals surface area contributed by atoms with Crippen molar-refractivity contribution in [2.24, 2.45) is 5.10 Å². The number of nitro benzene ring substituents is 1. The predicted molar refractivity (Wildman–Crippen MR) is 137 cm³/mol. The Hall–Kier alpha value is -3.59. The molecule has 0 amide bonds. The Labute approximate surface area is 206 Å². The lowest BCUT2D eigenvalue weighted by Gasteiger charge is -2.14. The first-order chi connectivity index (χ1) is 16.4. The van der Waals surface area contributed by atoms with Crippen molar-refractivity contribution in [1.82, 2.24) is 0 Å². The first-order valence-electron chi connectivity index (χ1n) is 10.7. The standard InChI is InChI=1S/C25H26BrN3O5/c1-4-18-11-17(2)12-22(13-18)33-9-10-34-25-23(26)14-19(15-24(25)32-3)16-27-28-20-5-7-21(8-6-20)29(30)31/h5-8,11-16,28H,4,9-10H2,1-3H3/b27-16-. The van der Waals surface area contributed by atoms with Crippen LogP contribution in [0.15, 0.2) is 64.2 Å². The van der Waals surface area contributed by atoms with Gasteiger partial charge in [0.25, 0.3) is 5.69 Å². The molecular formula is C25H26BrN3O5. The molecule has 1 N–H and O–H groups in total. The van der Waals surface area contributed by atoms with E-state index >= 15 is 0 Å². The summed E-state index contributed by atoms with van der Waals surface area (Å²) < 4.78 is 18.0. The molecule has 0 radical (unpaired) electrons. The molecule has 9 heteroatoms. The minimum absolute atomic E-state index is 0.0220. The molecule has 0 aliphatic rings. The zero-order chi connectivity index (χ0) is 24.5. The number of nitrogens with zero attached hydrogens (tertiary/aromatic N) is 2. The van der Waals surface area contributed by atoms with Crippen molar-refractivity contribution in [3.8, 4) is 17.2 Å². The van der Waals surface area contributed by atoms with E-state index in [0.717, 1.165) is 17.7 Å². The number of nitrogens with one attached hydrogen (secondary N) is 1. The fourth-order valence-corrected chi connectivity index (χ4v) is 3.78. The molecule has 0 spiro atoms. The molecule has 0 fully saturated rings. The van der Waals surface area contributed by atoms with Crippen LogP contribution in [0.4, 0.5) is 11.4 Å². The largest absolute Gasteiger partial charge is 0.493 e. The highest BCUT2D eigenvalue weighted by Crippen LogP contribution is 2.36. The lowest BCUT2D eigenvalue weighted by atomic mass is 10.1. The van der Waals surface area contributed by atoms with Crippen LogP contribution in [0.5, 0.6) is 17.2 Å². The van der Waals surface area contributed by atoms with Crippen molar-refractivity contribution in [3.05, 3.63) is 85.9 Å². The Balaban J connectivity index is 1.59. The van der Waals surface area contributed by atoms with Gasteiger partial charge in [-0.25, -0.2) is 0 Å². The average molecular weight is 528 g/mol. The number of aryl methyl sites for hydroxylation is 2. The van der Waals surface area contributed by atoms with Crippen LogP contribution < -0.4 is 19.6 Å². The van der Waals surface area contributed by atoms with Crippen LogP contribution in [0.2, 0.25) is 0 Å². The molecule has 34 heavy (non-hydrogen) atoms. The SMILES string of the molecule is CCc1cc(C)cc(OCCOc2c(Br)cc(/C=N\Nc3ccc([N+](=O)[O-])cc3)cc2OC)c1. The normalized spacial score (nSPS) is 10.8. The van der Waals surface area contributed by atoms with E-state index in [1.807, 2.05) is 18.2 Å². The van der Waals surface area contributed by atoms with Crippen molar-refractivity contribution in [2.75, 3.05) is 25.7 Å². The molecule has 0 saturated heterocycles. The van der Waals surface area contributed by atoms with Gasteiger partial charge in [0.15, 0.2) is 11.5 Å². The van der Waals surface area contributed by atoms with Gasteiger partial charge < -0.3 is 14.2 Å². The van der Waals surface area contributed by atoms with Gasteiger partial charge in [0.1, 0.15) is 19.0 Å². The summed E-state index contributed by atoms with van der Waals surface area (Å²) in [6.45, 7) is 4.91. The highest BCUT2D eigenvalue weighted by molar-refractivity contribution is 9.10. The van der Waals surface area contributed by atoms with E-state index in [0.29, 0.717) is 34.9 Å². The highest BCUT2D eigenvalue weighted by atomic mass is 79.9. The molecule has 0 aliphatic heterocycles. The van der Waals surface area contributed by atoms with Crippen LogP contribution in [0.25, 0.3) is 0 Å². The van der Waals surface area contributed by atoms with E-state index in [4.69, 9.17) is 14.2 Å².